The third kappa shape index (κ3) is 2.81. The first-order valence-electron chi connectivity index (χ1n) is 7.58. The molecule has 0 radical (unpaired) electrons. The average molecular weight is 283 g/mol. The van der Waals surface area contributed by atoms with Crippen molar-refractivity contribution in [3.63, 3.8) is 0 Å². The molecule has 2 heteroatoms. The summed E-state index contributed by atoms with van der Waals surface area (Å²) in [6.07, 6.45) is 0.811. The van der Waals surface area contributed by atoms with E-state index in [0.717, 1.165) is 17.5 Å². The van der Waals surface area contributed by atoms with Gasteiger partial charge in [-0.15, -0.1) is 0 Å². The number of benzene rings is 2. The standard InChI is InChI=1S/C19H25NO/c1-14(2)19(11-12-20,16-7-5-4-6-8-16)17-13-15(3)9-10-18(17)21/h4-10,13-14,21H,11-12,20H2,1-3H3. The topological polar surface area (TPSA) is 46.2 Å². The quantitative estimate of drug-likeness (QED) is 0.871. The summed E-state index contributed by atoms with van der Waals surface area (Å²) in [6.45, 7) is 7.04. The van der Waals surface area contributed by atoms with Crippen molar-refractivity contribution in [2.75, 3.05) is 6.54 Å². The van der Waals surface area contributed by atoms with Crippen LogP contribution in [0.4, 0.5) is 0 Å². The van der Waals surface area contributed by atoms with Gasteiger partial charge >= 0.3 is 0 Å². The molecule has 3 N–H and O–H groups in total. The fraction of sp³-hybridized carbons (Fsp3) is 0.368. The first-order chi connectivity index (χ1) is 10.0. The number of aromatic hydroxyl groups is 1. The summed E-state index contributed by atoms with van der Waals surface area (Å²) in [5.41, 5.74) is 9.02. The molecule has 21 heavy (non-hydrogen) atoms. The molecule has 0 aliphatic carbocycles. The highest BCUT2D eigenvalue weighted by atomic mass is 16.3. The van der Waals surface area contributed by atoms with Crippen LogP contribution in [0.1, 0.15) is 37.0 Å². The van der Waals surface area contributed by atoms with E-state index in [1.807, 2.05) is 12.1 Å². The first kappa shape index (κ1) is 15.6. The van der Waals surface area contributed by atoms with Crippen molar-refractivity contribution < 1.29 is 5.11 Å². The maximum atomic E-state index is 10.5. The van der Waals surface area contributed by atoms with E-state index in [1.54, 1.807) is 6.07 Å². The molecular formula is C19H25NO. The van der Waals surface area contributed by atoms with Crippen molar-refractivity contribution in [3.05, 3.63) is 65.2 Å². The molecule has 0 fully saturated rings. The van der Waals surface area contributed by atoms with Gasteiger partial charge < -0.3 is 10.8 Å². The Labute approximate surface area is 127 Å². The third-order valence-electron chi connectivity index (χ3n) is 4.45. The maximum absolute atomic E-state index is 10.5. The molecule has 0 saturated heterocycles. The Kier molecular flexibility index (Phi) is 4.69. The Morgan fingerprint density at radius 1 is 1.10 bits per heavy atom. The minimum atomic E-state index is -0.258. The van der Waals surface area contributed by atoms with Crippen molar-refractivity contribution in [1.29, 1.82) is 0 Å². The van der Waals surface area contributed by atoms with E-state index in [4.69, 9.17) is 5.73 Å². The van der Waals surface area contributed by atoms with E-state index in [0.29, 0.717) is 18.2 Å². The molecule has 0 bridgehead atoms. The van der Waals surface area contributed by atoms with Crippen LogP contribution in [0.15, 0.2) is 48.5 Å². The van der Waals surface area contributed by atoms with E-state index in [-0.39, 0.29) is 5.41 Å². The zero-order valence-electron chi connectivity index (χ0n) is 13.1. The monoisotopic (exact) mass is 283 g/mol. The predicted molar refractivity (Wildman–Crippen MR) is 88.6 cm³/mol. The Bertz CT molecular complexity index is 592. The molecule has 0 aliphatic heterocycles. The summed E-state index contributed by atoms with van der Waals surface area (Å²) in [5, 5.41) is 10.5. The zero-order chi connectivity index (χ0) is 15.5. The minimum Gasteiger partial charge on any atom is -0.508 e. The van der Waals surface area contributed by atoms with E-state index in [1.165, 1.54) is 5.56 Å². The van der Waals surface area contributed by atoms with Gasteiger partial charge in [0, 0.05) is 11.0 Å². The molecule has 0 aliphatic rings. The van der Waals surface area contributed by atoms with Gasteiger partial charge in [-0.25, -0.2) is 0 Å². The highest BCUT2D eigenvalue weighted by Crippen LogP contribution is 2.45. The lowest BCUT2D eigenvalue weighted by molar-refractivity contribution is 0.333. The molecule has 2 aromatic carbocycles. The number of nitrogens with two attached hydrogens (primary N) is 1. The van der Waals surface area contributed by atoms with Gasteiger partial charge in [0.2, 0.25) is 0 Å². The molecule has 0 aromatic heterocycles. The highest BCUT2D eigenvalue weighted by molar-refractivity contribution is 5.48. The summed E-state index contributed by atoms with van der Waals surface area (Å²) < 4.78 is 0. The molecule has 112 valence electrons. The Hall–Kier alpha value is -1.80. The van der Waals surface area contributed by atoms with Gasteiger partial charge in [0.25, 0.3) is 0 Å². The van der Waals surface area contributed by atoms with Crippen LogP contribution in [0.25, 0.3) is 0 Å². The van der Waals surface area contributed by atoms with Crippen molar-refractivity contribution in [3.8, 4) is 5.75 Å². The SMILES string of the molecule is Cc1ccc(O)c(C(CCN)(c2ccccc2)C(C)C)c1. The lowest BCUT2D eigenvalue weighted by Gasteiger charge is -2.39. The Morgan fingerprint density at radius 2 is 1.76 bits per heavy atom. The second-order valence-electron chi connectivity index (χ2n) is 6.05. The number of hydrogen-bond donors (Lipinski definition) is 2. The molecule has 0 amide bonds. The van der Waals surface area contributed by atoms with Gasteiger partial charge in [0.1, 0.15) is 5.75 Å². The van der Waals surface area contributed by atoms with E-state index in [2.05, 4.69) is 51.1 Å². The molecule has 0 heterocycles. The number of phenols is 1. The van der Waals surface area contributed by atoms with Gasteiger partial charge in [-0.05, 0) is 37.4 Å². The zero-order valence-corrected chi connectivity index (χ0v) is 13.1. The molecular weight excluding hydrogens is 258 g/mol. The van der Waals surface area contributed by atoms with Gasteiger partial charge in [-0.1, -0.05) is 61.9 Å². The van der Waals surface area contributed by atoms with Crippen LogP contribution in [0.3, 0.4) is 0 Å². The van der Waals surface area contributed by atoms with Crippen LogP contribution >= 0.6 is 0 Å². The fourth-order valence-corrected chi connectivity index (χ4v) is 3.34. The minimum absolute atomic E-state index is 0.258. The van der Waals surface area contributed by atoms with Crippen molar-refractivity contribution >= 4 is 0 Å². The molecule has 2 nitrogen and oxygen atoms in total. The summed E-state index contributed by atoms with van der Waals surface area (Å²) in [6, 6.07) is 16.2. The molecule has 2 rings (SSSR count). The number of phenolic OH excluding ortho intramolecular Hbond substituents is 1. The molecule has 0 saturated carbocycles. The summed E-state index contributed by atoms with van der Waals surface area (Å²) in [4.78, 5) is 0. The van der Waals surface area contributed by atoms with Crippen molar-refractivity contribution in [1.82, 2.24) is 0 Å². The van der Waals surface area contributed by atoms with Crippen LogP contribution in [-0.4, -0.2) is 11.7 Å². The second kappa shape index (κ2) is 6.31. The van der Waals surface area contributed by atoms with Crippen molar-refractivity contribution in [2.24, 2.45) is 11.7 Å². The predicted octanol–water partition coefficient (Wildman–Crippen LogP) is 3.99. The lowest BCUT2D eigenvalue weighted by Crippen LogP contribution is -2.36. The van der Waals surface area contributed by atoms with Crippen LogP contribution in [0, 0.1) is 12.8 Å². The van der Waals surface area contributed by atoms with Crippen molar-refractivity contribution in [2.45, 2.75) is 32.6 Å². The van der Waals surface area contributed by atoms with Gasteiger partial charge in [0.05, 0.1) is 0 Å². The summed E-state index contributed by atoms with van der Waals surface area (Å²) >= 11 is 0. The van der Waals surface area contributed by atoms with Crippen LogP contribution in [0.2, 0.25) is 0 Å². The van der Waals surface area contributed by atoms with Crippen LogP contribution in [-0.2, 0) is 5.41 Å². The number of rotatable bonds is 5. The highest BCUT2D eigenvalue weighted by Gasteiger charge is 2.38. The van der Waals surface area contributed by atoms with E-state index in [9.17, 15) is 5.11 Å². The molecule has 1 unspecified atom stereocenters. The van der Waals surface area contributed by atoms with E-state index < -0.39 is 0 Å². The molecule has 0 spiro atoms. The molecule has 1 atom stereocenters. The average Bonchev–Trinajstić information content (AvgIpc) is 2.48. The third-order valence-corrected chi connectivity index (χ3v) is 4.45. The summed E-state index contributed by atoms with van der Waals surface area (Å²) in [7, 11) is 0. The first-order valence-corrected chi connectivity index (χ1v) is 7.58. The van der Waals surface area contributed by atoms with Gasteiger partial charge in [-0.3, -0.25) is 0 Å². The van der Waals surface area contributed by atoms with Gasteiger partial charge in [-0.2, -0.15) is 0 Å². The van der Waals surface area contributed by atoms with Crippen LogP contribution < -0.4 is 5.73 Å². The second-order valence-corrected chi connectivity index (χ2v) is 6.05. The van der Waals surface area contributed by atoms with E-state index >= 15 is 0 Å². The summed E-state index contributed by atoms with van der Waals surface area (Å²) in [5.74, 6) is 0.683. The maximum Gasteiger partial charge on any atom is 0.119 e. The molecule has 2 aromatic rings. The number of aryl methyl sites for hydroxylation is 1. The lowest BCUT2D eigenvalue weighted by atomic mass is 9.64. The Balaban J connectivity index is 2.73. The van der Waals surface area contributed by atoms with Gasteiger partial charge in [0.15, 0.2) is 0 Å². The normalized spacial score (nSPS) is 14.1. The smallest absolute Gasteiger partial charge is 0.119 e. The Morgan fingerprint density at radius 3 is 2.33 bits per heavy atom. The number of hydrogen-bond acceptors (Lipinski definition) is 2. The van der Waals surface area contributed by atoms with Crippen LogP contribution in [0.5, 0.6) is 5.75 Å². The fourth-order valence-electron chi connectivity index (χ4n) is 3.34. The largest absolute Gasteiger partial charge is 0.508 e.